The Labute approximate surface area is 77.7 Å². The van der Waals surface area contributed by atoms with Crippen LogP contribution in [0.25, 0.3) is 0 Å². The number of nitrogens with zero attached hydrogens (tertiary/aromatic N) is 1. The second-order valence-electron chi connectivity index (χ2n) is 1.71. The van der Waals surface area contributed by atoms with Gasteiger partial charge in [0.2, 0.25) is 0 Å². The fourth-order valence-electron chi connectivity index (χ4n) is 0.474. The van der Waals surface area contributed by atoms with Crippen molar-refractivity contribution in [2.45, 2.75) is 20.3 Å². The van der Waals surface area contributed by atoms with Crippen LogP contribution in [-0.4, -0.2) is 18.0 Å². The molecule has 0 spiro atoms. The fourth-order valence-corrected chi connectivity index (χ4v) is 0.474. The number of rotatable bonds is 3. The van der Waals surface area contributed by atoms with Gasteiger partial charge < -0.3 is 4.90 Å². The maximum Gasteiger partial charge on any atom is 0 e. The van der Waals surface area contributed by atoms with Crippen LogP contribution >= 0.6 is 0 Å². The van der Waals surface area contributed by atoms with E-state index in [0.29, 0.717) is 0 Å². The largest absolute Gasteiger partial charge is 0.459 e. The zero-order valence-electron chi connectivity index (χ0n) is 5.85. The van der Waals surface area contributed by atoms with Gasteiger partial charge >= 0.3 is 0 Å². The van der Waals surface area contributed by atoms with Crippen LogP contribution in [0.1, 0.15) is 20.3 Å². The van der Waals surface area contributed by atoms with Gasteiger partial charge in [0.15, 0.2) is 0 Å². The molecule has 1 radical (unpaired) electrons. The smallest absolute Gasteiger partial charge is 0 e. The Bertz CT molecular complexity index is 39.5. The van der Waals surface area contributed by atoms with Crippen molar-refractivity contribution >= 4 is 0 Å². The van der Waals surface area contributed by atoms with Crippen molar-refractivity contribution in [2.75, 3.05) is 13.1 Å². The van der Waals surface area contributed by atoms with Crippen LogP contribution in [0.4, 0.5) is 0 Å². The van der Waals surface area contributed by atoms with Gasteiger partial charge in [-0.25, -0.2) is 0 Å². The molecule has 0 amide bonds. The summed E-state index contributed by atoms with van der Waals surface area (Å²) in [5.41, 5.74) is 0. The Morgan fingerprint density at radius 2 is 1.88 bits per heavy atom. The van der Waals surface area contributed by atoms with E-state index < -0.39 is 0 Å². The molecule has 0 aliphatic rings. The van der Waals surface area contributed by atoms with E-state index in [-0.39, 0.29) is 32.7 Å². The van der Waals surface area contributed by atoms with E-state index in [1.54, 1.807) is 0 Å². The predicted octanol–water partition coefficient (Wildman–Crippen LogP) is 1.51. The van der Waals surface area contributed by atoms with Gasteiger partial charge in [0.25, 0.3) is 0 Å². The molecule has 0 bridgehead atoms. The van der Waals surface area contributed by atoms with Gasteiger partial charge in [-0.05, 0) is 19.5 Å². The third kappa shape index (κ3) is 7.06. The Kier molecular flexibility index (Phi) is 11.9. The van der Waals surface area contributed by atoms with Gasteiger partial charge in [0.1, 0.15) is 0 Å². The zero-order chi connectivity index (χ0) is 5.70. The van der Waals surface area contributed by atoms with Crippen LogP contribution in [0, 0.1) is 7.05 Å². The topological polar surface area (TPSA) is 3.24 Å². The summed E-state index contributed by atoms with van der Waals surface area (Å²) >= 11 is 0. The summed E-state index contributed by atoms with van der Waals surface area (Å²) in [6.07, 6.45) is 1.21. The first-order valence-corrected chi connectivity index (χ1v) is 2.86. The quantitative estimate of drug-likeness (QED) is 0.608. The van der Waals surface area contributed by atoms with Gasteiger partial charge in [0.05, 0.1) is 0 Å². The summed E-state index contributed by atoms with van der Waals surface area (Å²) in [6.45, 7) is 6.46. The third-order valence-corrected chi connectivity index (χ3v) is 0.987. The molecule has 8 heavy (non-hydrogen) atoms. The first kappa shape index (κ1) is 11.8. The van der Waals surface area contributed by atoms with Crippen molar-refractivity contribution in [3.63, 3.8) is 0 Å². The molecule has 0 rings (SSSR count). The molecule has 0 saturated heterocycles. The minimum absolute atomic E-state index is 0. The van der Waals surface area contributed by atoms with Crippen LogP contribution in [-0.2, 0) is 32.7 Å². The summed E-state index contributed by atoms with van der Waals surface area (Å²) in [5.74, 6) is 0. The first-order chi connectivity index (χ1) is 3.31. The second kappa shape index (κ2) is 8.06. The molecule has 2 heteroatoms. The Hall–Kier alpha value is 1.06. The molecule has 47 valence electrons. The van der Waals surface area contributed by atoms with Crippen molar-refractivity contribution in [3.8, 4) is 0 Å². The summed E-state index contributed by atoms with van der Waals surface area (Å²) < 4.78 is 0. The van der Waals surface area contributed by atoms with Crippen molar-refractivity contribution in [1.82, 2.24) is 4.90 Å². The van der Waals surface area contributed by atoms with Gasteiger partial charge in [0, 0.05) is 32.7 Å². The van der Waals surface area contributed by atoms with Crippen LogP contribution < -0.4 is 0 Å². The standard InChI is InChI=1S/C6H14N.Y/c1-4-6-7(3)5-2;/h3-6H2,1-2H3;/q-1;. The third-order valence-electron chi connectivity index (χ3n) is 0.987. The number of hydrogen-bond acceptors (Lipinski definition) is 1. The molecule has 0 aromatic carbocycles. The average molecular weight is 189 g/mol. The van der Waals surface area contributed by atoms with Gasteiger partial charge in [-0.15, -0.1) is 0 Å². The second-order valence-corrected chi connectivity index (χ2v) is 1.71. The van der Waals surface area contributed by atoms with E-state index in [0.717, 1.165) is 13.1 Å². The monoisotopic (exact) mass is 189 g/mol. The summed E-state index contributed by atoms with van der Waals surface area (Å²) in [4.78, 5) is 2.06. The molecule has 0 aromatic heterocycles. The van der Waals surface area contributed by atoms with Crippen LogP contribution in [0.2, 0.25) is 0 Å². The van der Waals surface area contributed by atoms with Gasteiger partial charge in [-0.2, -0.15) is 0 Å². The fraction of sp³-hybridized carbons (Fsp3) is 0.833. The minimum atomic E-state index is 0. The van der Waals surface area contributed by atoms with Crippen LogP contribution in [0.15, 0.2) is 0 Å². The molecule has 0 atom stereocenters. The molecule has 0 N–H and O–H groups in total. The maximum atomic E-state index is 3.78. The molecule has 0 aromatic rings. The Morgan fingerprint density at radius 1 is 1.38 bits per heavy atom. The van der Waals surface area contributed by atoms with E-state index in [9.17, 15) is 0 Å². The van der Waals surface area contributed by atoms with Crippen molar-refractivity contribution in [3.05, 3.63) is 7.05 Å². The normalized spacial score (nSPS) is 9.00. The van der Waals surface area contributed by atoms with Crippen molar-refractivity contribution in [2.24, 2.45) is 0 Å². The van der Waals surface area contributed by atoms with E-state index >= 15 is 0 Å². The van der Waals surface area contributed by atoms with E-state index in [1.165, 1.54) is 6.42 Å². The van der Waals surface area contributed by atoms with Gasteiger partial charge in [-0.3, -0.25) is 7.05 Å². The van der Waals surface area contributed by atoms with E-state index in [4.69, 9.17) is 0 Å². The molecule has 0 unspecified atom stereocenters. The Morgan fingerprint density at radius 3 is 2.00 bits per heavy atom. The predicted molar refractivity (Wildman–Crippen MR) is 32.9 cm³/mol. The molecule has 0 saturated carbocycles. The number of hydrogen-bond donors (Lipinski definition) is 0. The van der Waals surface area contributed by atoms with Crippen LogP contribution in [0.3, 0.4) is 0 Å². The summed E-state index contributed by atoms with van der Waals surface area (Å²) in [7, 11) is 3.78. The molecule has 0 heterocycles. The van der Waals surface area contributed by atoms with E-state index in [2.05, 4.69) is 25.8 Å². The average Bonchev–Trinajstić information content (AvgIpc) is 1.68. The minimum Gasteiger partial charge on any atom is -0.459 e. The Balaban J connectivity index is 0. The van der Waals surface area contributed by atoms with Crippen molar-refractivity contribution in [1.29, 1.82) is 0 Å². The molecule has 0 aliphatic heterocycles. The van der Waals surface area contributed by atoms with Gasteiger partial charge in [-0.1, -0.05) is 13.8 Å². The molecule has 0 fully saturated rings. The molecular formula is C6H14NY-. The molecular weight excluding hydrogens is 175 g/mol. The maximum absolute atomic E-state index is 3.78. The van der Waals surface area contributed by atoms with E-state index in [1.807, 2.05) is 0 Å². The molecule has 1 nitrogen and oxygen atoms in total. The SMILES string of the molecule is [CH2-]N(CC)CCC.[Y]. The molecule has 0 aliphatic carbocycles. The van der Waals surface area contributed by atoms with Crippen molar-refractivity contribution < 1.29 is 32.7 Å². The summed E-state index contributed by atoms with van der Waals surface area (Å²) in [6, 6.07) is 0. The zero-order valence-corrected chi connectivity index (χ0v) is 8.69. The summed E-state index contributed by atoms with van der Waals surface area (Å²) in [5, 5.41) is 0. The first-order valence-electron chi connectivity index (χ1n) is 2.86. The van der Waals surface area contributed by atoms with Crippen LogP contribution in [0.5, 0.6) is 0 Å².